The third-order valence-corrected chi connectivity index (χ3v) is 3.45. The van der Waals surface area contributed by atoms with Gasteiger partial charge in [0.1, 0.15) is 17.5 Å². The summed E-state index contributed by atoms with van der Waals surface area (Å²) < 4.78 is 39.3. The molecule has 1 amide bonds. The van der Waals surface area contributed by atoms with E-state index < -0.39 is 23.4 Å². The highest BCUT2D eigenvalue weighted by Gasteiger charge is 2.09. The number of thioether (sulfide) groups is 1. The first-order valence-electron chi connectivity index (χ1n) is 5.68. The molecular weight excluding hydrogens is 287 g/mol. The van der Waals surface area contributed by atoms with E-state index in [0.29, 0.717) is 11.0 Å². The molecule has 2 aromatic rings. The quantitative estimate of drug-likeness (QED) is 0.869. The van der Waals surface area contributed by atoms with E-state index in [0.717, 1.165) is 23.9 Å². The van der Waals surface area contributed by atoms with Crippen molar-refractivity contribution < 1.29 is 18.0 Å². The number of carbonyl (C=O) groups is 1. The van der Waals surface area contributed by atoms with Crippen LogP contribution in [0.15, 0.2) is 47.4 Å². The predicted octanol–water partition coefficient (Wildman–Crippen LogP) is 3.83. The summed E-state index contributed by atoms with van der Waals surface area (Å²) in [7, 11) is 0. The van der Waals surface area contributed by atoms with E-state index in [1.807, 2.05) is 0 Å². The van der Waals surface area contributed by atoms with Crippen LogP contribution in [0.3, 0.4) is 0 Å². The highest BCUT2D eigenvalue weighted by Crippen LogP contribution is 2.22. The van der Waals surface area contributed by atoms with E-state index in [1.54, 1.807) is 18.2 Å². The maximum atomic E-state index is 13.3. The number of halogens is 3. The van der Waals surface area contributed by atoms with Crippen LogP contribution in [-0.2, 0) is 4.79 Å². The van der Waals surface area contributed by atoms with Crippen LogP contribution in [0, 0.1) is 17.5 Å². The second-order valence-electron chi connectivity index (χ2n) is 3.89. The van der Waals surface area contributed by atoms with Crippen molar-refractivity contribution >= 4 is 23.4 Å². The highest BCUT2D eigenvalue weighted by molar-refractivity contribution is 8.00. The topological polar surface area (TPSA) is 29.1 Å². The number of anilines is 1. The van der Waals surface area contributed by atoms with E-state index in [-0.39, 0.29) is 11.4 Å². The van der Waals surface area contributed by atoms with E-state index in [9.17, 15) is 18.0 Å². The minimum atomic E-state index is -0.853. The van der Waals surface area contributed by atoms with E-state index in [4.69, 9.17) is 0 Å². The predicted molar refractivity (Wildman–Crippen MR) is 72.1 cm³/mol. The number of hydrogen-bond acceptors (Lipinski definition) is 2. The molecule has 104 valence electrons. The first-order valence-corrected chi connectivity index (χ1v) is 6.67. The SMILES string of the molecule is O=C(CSc1ccccc1F)Nc1ccc(F)cc1F. The average molecular weight is 297 g/mol. The number of amides is 1. The van der Waals surface area contributed by atoms with Crippen LogP contribution in [0.5, 0.6) is 0 Å². The van der Waals surface area contributed by atoms with Crippen LogP contribution >= 0.6 is 11.8 Å². The molecule has 0 unspecified atom stereocenters. The zero-order chi connectivity index (χ0) is 14.5. The van der Waals surface area contributed by atoms with E-state index >= 15 is 0 Å². The van der Waals surface area contributed by atoms with Crippen LogP contribution in [0.1, 0.15) is 0 Å². The Bertz CT molecular complexity index is 634. The van der Waals surface area contributed by atoms with E-state index in [1.165, 1.54) is 6.07 Å². The number of hydrogen-bond donors (Lipinski definition) is 1. The zero-order valence-electron chi connectivity index (χ0n) is 10.2. The number of rotatable bonds is 4. The molecule has 1 N–H and O–H groups in total. The molecule has 0 spiro atoms. The molecule has 0 saturated heterocycles. The molecule has 0 atom stereocenters. The maximum Gasteiger partial charge on any atom is 0.234 e. The van der Waals surface area contributed by atoms with Crippen LogP contribution in [0.2, 0.25) is 0 Å². The summed E-state index contributed by atoms with van der Waals surface area (Å²) in [6.07, 6.45) is 0. The summed E-state index contributed by atoms with van der Waals surface area (Å²) in [6, 6.07) is 8.90. The molecule has 0 aliphatic carbocycles. The van der Waals surface area contributed by atoms with Gasteiger partial charge in [0, 0.05) is 11.0 Å². The second kappa shape index (κ2) is 6.47. The smallest absolute Gasteiger partial charge is 0.234 e. The van der Waals surface area contributed by atoms with Crippen LogP contribution in [-0.4, -0.2) is 11.7 Å². The van der Waals surface area contributed by atoms with Crippen molar-refractivity contribution in [3.63, 3.8) is 0 Å². The lowest BCUT2D eigenvalue weighted by molar-refractivity contribution is -0.113. The Morgan fingerprint density at radius 1 is 1.05 bits per heavy atom. The standard InChI is InChI=1S/C14H10F3NOS/c15-9-5-6-12(11(17)7-9)18-14(19)8-20-13-4-2-1-3-10(13)16/h1-7H,8H2,(H,18,19). The summed E-state index contributed by atoms with van der Waals surface area (Å²) >= 11 is 1.000. The molecule has 2 aromatic carbocycles. The van der Waals surface area contributed by atoms with Gasteiger partial charge in [-0.25, -0.2) is 13.2 Å². The molecular formula is C14H10F3NOS. The van der Waals surface area contributed by atoms with Crippen LogP contribution < -0.4 is 5.32 Å². The molecule has 0 heterocycles. The second-order valence-corrected chi connectivity index (χ2v) is 4.91. The van der Waals surface area contributed by atoms with Crippen molar-refractivity contribution in [2.45, 2.75) is 4.90 Å². The first kappa shape index (κ1) is 14.5. The van der Waals surface area contributed by atoms with Crippen molar-refractivity contribution in [2.75, 3.05) is 11.1 Å². The molecule has 0 saturated carbocycles. The van der Waals surface area contributed by atoms with Gasteiger partial charge in [-0.05, 0) is 24.3 Å². The van der Waals surface area contributed by atoms with Gasteiger partial charge < -0.3 is 5.32 Å². The Morgan fingerprint density at radius 3 is 2.50 bits per heavy atom. The largest absolute Gasteiger partial charge is 0.323 e. The highest BCUT2D eigenvalue weighted by atomic mass is 32.2. The van der Waals surface area contributed by atoms with Gasteiger partial charge in [-0.2, -0.15) is 0 Å². The Hall–Kier alpha value is -1.95. The average Bonchev–Trinajstić information content (AvgIpc) is 2.41. The molecule has 0 aromatic heterocycles. The fourth-order valence-corrected chi connectivity index (χ4v) is 2.22. The Morgan fingerprint density at radius 2 is 1.80 bits per heavy atom. The van der Waals surface area contributed by atoms with Crippen molar-refractivity contribution in [3.8, 4) is 0 Å². The van der Waals surface area contributed by atoms with Crippen molar-refractivity contribution in [3.05, 3.63) is 59.9 Å². The van der Waals surface area contributed by atoms with Crippen LogP contribution in [0.4, 0.5) is 18.9 Å². The normalized spacial score (nSPS) is 10.3. The molecule has 0 aliphatic heterocycles. The fraction of sp³-hybridized carbons (Fsp3) is 0.0714. The summed E-state index contributed by atoms with van der Waals surface area (Å²) in [5.74, 6) is -2.56. The van der Waals surface area contributed by atoms with Gasteiger partial charge in [-0.3, -0.25) is 4.79 Å². The Labute approximate surface area is 118 Å². The third-order valence-electron chi connectivity index (χ3n) is 2.40. The van der Waals surface area contributed by atoms with Gasteiger partial charge in [0.05, 0.1) is 11.4 Å². The third kappa shape index (κ3) is 3.77. The Balaban J connectivity index is 1.94. The van der Waals surface area contributed by atoms with Crippen molar-refractivity contribution in [1.82, 2.24) is 0 Å². The fourth-order valence-electron chi connectivity index (χ4n) is 1.48. The van der Waals surface area contributed by atoms with Crippen LogP contribution in [0.25, 0.3) is 0 Å². The summed E-state index contributed by atoms with van der Waals surface area (Å²) in [5.41, 5.74) is -0.106. The summed E-state index contributed by atoms with van der Waals surface area (Å²) in [4.78, 5) is 12.0. The lowest BCUT2D eigenvalue weighted by Gasteiger charge is -2.06. The number of carbonyl (C=O) groups excluding carboxylic acids is 1. The number of nitrogens with one attached hydrogen (secondary N) is 1. The summed E-state index contributed by atoms with van der Waals surface area (Å²) in [5, 5.41) is 2.30. The maximum absolute atomic E-state index is 13.3. The minimum absolute atomic E-state index is 0.0717. The van der Waals surface area contributed by atoms with E-state index in [2.05, 4.69) is 5.32 Å². The zero-order valence-corrected chi connectivity index (χ0v) is 11.0. The Kier molecular flexibility index (Phi) is 4.68. The molecule has 0 bridgehead atoms. The molecule has 0 fully saturated rings. The van der Waals surface area contributed by atoms with Crippen molar-refractivity contribution in [2.24, 2.45) is 0 Å². The van der Waals surface area contributed by atoms with Gasteiger partial charge >= 0.3 is 0 Å². The monoisotopic (exact) mass is 297 g/mol. The van der Waals surface area contributed by atoms with Gasteiger partial charge in [0.25, 0.3) is 0 Å². The molecule has 6 heteroatoms. The minimum Gasteiger partial charge on any atom is -0.323 e. The molecule has 0 radical (unpaired) electrons. The molecule has 0 aliphatic rings. The van der Waals surface area contributed by atoms with Gasteiger partial charge in [-0.1, -0.05) is 12.1 Å². The lowest BCUT2D eigenvalue weighted by Crippen LogP contribution is -2.15. The first-order chi connectivity index (χ1) is 9.56. The lowest BCUT2D eigenvalue weighted by atomic mass is 10.3. The number of benzene rings is 2. The van der Waals surface area contributed by atoms with Gasteiger partial charge in [0.15, 0.2) is 0 Å². The molecule has 2 rings (SSSR count). The molecule has 20 heavy (non-hydrogen) atoms. The van der Waals surface area contributed by atoms with Gasteiger partial charge in [-0.15, -0.1) is 11.8 Å². The summed E-state index contributed by atoms with van der Waals surface area (Å²) in [6.45, 7) is 0. The van der Waals surface area contributed by atoms with Gasteiger partial charge in [0.2, 0.25) is 5.91 Å². The van der Waals surface area contributed by atoms with Crippen molar-refractivity contribution in [1.29, 1.82) is 0 Å². The molecule has 2 nitrogen and oxygen atoms in total.